The summed E-state index contributed by atoms with van der Waals surface area (Å²) in [5.74, 6) is -0.628. The van der Waals surface area contributed by atoms with Crippen LogP contribution in [-0.2, 0) is 0 Å². The summed E-state index contributed by atoms with van der Waals surface area (Å²) in [5, 5.41) is 26.6. The average Bonchev–Trinajstić information content (AvgIpc) is 2.61. The maximum absolute atomic E-state index is 12.2. The number of para-hydroxylation sites is 1. The lowest BCUT2D eigenvalue weighted by molar-refractivity contribution is -0.385. The number of non-ortho nitro benzene ring substituents is 1. The third-order valence-electron chi connectivity index (χ3n) is 3.22. The van der Waals surface area contributed by atoms with Crippen molar-refractivity contribution in [3.63, 3.8) is 0 Å². The largest absolute Gasteiger partial charge is 0.494 e. The van der Waals surface area contributed by atoms with Gasteiger partial charge in [-0.2, -0.15) is 0 Å². The molecule has 2 N–H and O–H groups in total. The van der Waals surface area contributed by atoms with Crippen LogP contribution in [0.1, 0.15) is 10.4 Å². The SMILES string of the molecule is COc1cc([N+](=O)[O-])ccc1NC(=S)NC(=O)c1ccccc1[N+](=O)[O-]. The summed E-state index contributed by atoms with van der Waals surface area (Å²) in [5.41, 5.74) is -0.411. The highest BCUT2D eigenvalue weighted by molar-refractivity contribution is 7.80. The summed E-state index contributed by atoms with van der Waals surface area (Å²) < 4.78 is 5.05. The second kappa shape index (κ2) is 7.98. The minimum atomic E-state index is -0.768. The van der Waals surface area contributed by atoms with E-state index in [1.165, 1.54) is 49.6 Å². The zero-order valence-electron chi connectivity index (χ0n) is 13.3. The summed E-state index contributed by atoms with van der Waals surface area (Å²) in [7, 11) is 1.32. The molecular formula is C15H12N4O6S. The van der Waals surface area contributed by atoms with Crippen LogP contribution in [-0.4, -0.2) is 28.0 Å². The smallest absolute Gasteiger partial charge is 0.282 e. The third kappa shape index (κ3) is 4.27. The van der Waals surface area contributed by atoms with E-state index in [1.807, 2.05) is 0 Å². The van der Waals surface area contributed by atoms with Crippen molar-refractivity contribution in [3.8, 4) is 5.75 Å². The Morgan fingerprint density at radius 2 is 1.81 bits per heavy atom. The number of nitrogens with zero attached hydrogens (tertiary/aromatic N) is 2. The molecule has 0 radical (unpaired) electrons. The molecule has 10 nitrogen and oxygen atoms in total. The number of rotatable bonds is 5. The first-order valence-electron chi connectivity index (χ1n) is 7.01. The standard InChI is InChI=1S/C15H12N4O6S/c1-25-13-8-9(18(21)22)6-7-11(13)16-15(26)17-14(20)10-4-2-3-5-12(10)19(23)24/h2-8H,1H3,(H2,16,17,20,26). The number of ether oxygens (including phenoxy) is 1. The lowest BCUT2D eigenvalue weighted by Gasteiger charge is -2.12. The van der Waals surface area contributed by atoms with Gasteiger partial charge in [-0.15, -0.1) is 0 Å². The molecule has 0 aliphatic heterocycles. The van der Waals surface area contributed by atoms with Gasteiger partial charge in [-0.25, -0.2) is 0 Å². The quantitative estimate of drug-likeness (QED) is 0.461. The van der Waals surface area contributed by atoms with Crippen molar-refractivity contribution in [2.75, 3.05) is 12.4 Å². The van der Waals surface area contributed by atoms with E-state index in [0.29, 0.717) is 0 Å². The Hall–Kier alpha value is -3.60. The molecule has 0 saturated heterocycles. The zero-order chi connectivity index (χ0) is 19.3. The molecule has 0 bridgehead atoms. The number of thiocarbonyl (C=S) groups is 1. The van der Waals surface area contributed by atoms with E-state index in [2.05, 4.69) is 10.6 Å². The van der Waals surface area contributed by atoms with E-state index >= 15 is 0 Å². The molecule has 2 aromatic carbocycles. The van der Waals surface area contributed by atoms with E-state index in [9.17, 15) is 25.0 Å². The van der Waals surface area contributed by atoms with Gasteiger partial charge in [-0.3, -0.25) is 30.3 Å². The lowest BCUT2D eigenvalue weighted by atomic mass is 10.1. The summed E-state index contributed by atoms with van der Waals surface area (Å²) in [6.45, 7) is 0. The lowest BCUT2D eigenvalue weighted by Crippen LogP contribution is -2.34. The number of nitro groups is 2. The summed E-state index contributed by atoms with van der Waals surface area (Å²) in [6, 6.07) is 9.20. The van der Waals surface area contributed by atoms with Gasteiger partial charge in [0, 0.05) is 12.1 Å². The average molecular weight is 376 g/mol. The zero-order valence-corrected chi connectivity index (χ0v) is 14.1. The topological polar surface area (TPSA) is 137 Å². The number of hydrogen-bond donors (Lipinski definition) is 2. The molecule has 1 amide bonds. The predicted octanol–water partition coefficient (Wildman–Crippen LogP) is 2.64. The molecule has 0 saturated carbocycles. The van der Waals surface area contributed by atoms with Crippen LogP contribution < -0.4 is 15.4 Å². The number of carbonyl (C=O) groups is 1. The van der Waals surface area contributed by atoms with Crippen molar-refractivity contribution in [2.24, 2.45) is 0 Å². The highest BCUT2D eigenvalue weighted by Gasteiger charge is 2.20. The number of hydrogen-bond acceptors (Lipinski definition) is 7. The maximum atomic E-state index is 12.2. The maximum Gasteiger partial charge on any atom is 0.282 e. The predicted molar refractivity (Wildman–Crippen MR) is 96.4 cm³/mol. The van der Waals surface area contributed by atoms with E-state index in [1.54, 1.807) is 0 Å². The van der Waals surface area contributed by atoms with Gasteiger partial charge in [-0.05, 0) is 24.4 Å². The van der Waals surface area contributed by atoms with Crippen molar-refractivity contribution in [1.82, 2.24) is 5.32 Å². The van der Waals surface area contributed by atoms with Crippen LogP contribution in [0.3, 0.4) is 0 Å². The second-order valence-electron chi connectivity index (χ2n) is 4.82. The van der Waals surface area contributed by atoms with Crippen LogP contribution in [0.5, 0.6) is 5.75 Å². The van der Waals surface area contributed by atoms with Crippen molar-refractivity contribution < 1.29 is 19.4 Å². The first-order valence-corrected chi connectivity index (χ1v) is 7.42. The van der Waals surface area contributed by atoms with Crippen molar-refractivity contribution in [1.29, 1.82) is 0 Å². The number of anilines is 1. The molecule has 0 heterocycles. The van der Waals surface area contributed by atoms with E-state index in [0.717, 1.165) is 0 Å². The fraction of sp³-hybridized carbons (Fsp3) is 0.0667. The van der Waals surface area contributed by atoms with Crippen LogP contribution in [0.15, 0.2) is 42.5 Å². The van der Waals surface area contributed by atoms with Crippen molar-refractivity contribution in [3.05, 3.63) is 68.3 Å². The molecule has 0 unspecified atom stereocenters. The normalized spacial score (nSPS) is 9.88. The molecule has 2 rings (SSSR count). The summed E-state index contributed by atoms with van der Waals surface area (Å²) in [6.07, 6.45) is 0. The number of nitrogens with one attached hydrogen (secondary N) is 2. The van der Waals surface area contributed by atoms with E-state index in [-0.39, 0.29) is 33.5 Å². The summed E-state index contributed by atoms with van der Waals surface area (Å²) in [4.78, 5) is 32.7. The molecule has 0 aliphatic carbocycles. The van der Waals surface area contributed by atoms with Crippen LogP contribution in [0, 0.1) is 20.2 Å². The van der Waals surface area contributed by atoms with Crippen molar-refractivity contribution >= 4 is 40.3 Å². The Bertz CT molecular complexity index is 901. The molecule has 26 heavy (non-hydrogen) atoms. The minimum absolute atomic E-state index is 0.140. The Morgan fingerprint density at radius 3 is 2.42 bits per heavy atom. The first kappa shape index (κ1) is 18.7. The van der Waals surface area contributed by atoms with Gasteiger partial charge >= 0.3 is 0 Å². The Kier molecular flexibility index (Phi) is 5.75. The van der Waals surface area contributed by atoms with Gasteiger partial charge in [0.15, 0.2) is 5.11 Å². The van der Waals surface area contributed by atoms with Crippen molar-refractivity contribution in [2.45, 2.75) is 0 Å². The number of carbonyl (C=O) groups excluding carboxylic acids is 1. The van der Waals surface area contributed by atoms with E-state index in [4.69, 9.17) is 17.0 Å². The second-order valence-corrected chi connectivity index (χ2v) is 5.23. The Morgan fingerprint density at radius 1 is 1.12 bits per heavy atom. The van der Waals surface area contributed by atoms with Crippen LogP contribution in [0.2, 0.25) is 0 Å². The van der Waals surface area contributed by atoms with Crippen LogP contribution in [0.25, 0.3) is 0 Å². The molecule has 0 atom stereocenters. The molecule has 0 aromatic heterocycles. The van der Waals surface area contributed by atoms with E-state index < -0.39 is 15.8 Å². The molecule has 134 valence electrons. The highest BCUT2D eigenvalue weighted by atomic mass is 32.1. The van der Waals surface area contributed by atoms with Gasteiger partial charge in [0.25, 0.3) is 17.3 Å². The molecule has 0 spiro atoms. The van der Waals surface area contributed by atoms with Crippen LogP contribution in [0.4, 0.5) is 17.1 Å². The molecule has 2 aromatic rings. The molecule has 11 heteroatoms. The number of methoxy groups -OCH3 is 1. The monoisotopic (exact) mass is 376 g/mol. The Balaban J connectivity index is 2.15. The highest BCUT2D eigenvalue weighted by Crippen LogP contribution is 2.29. The molecular weight excluding hydrogens is 364 g/mol. The fourth-order valence-corrected chi connectivity index (χ4v) is 2.25. The molecule has 0 aliphatic rings. The minimum Gasteiger partial charge on any atom is -0.494 e. The van der Waals surface area contributed by atoms with Gasteiger partial charge in [-0.1, -0.05) is 12.1 Å². The van der Waals surface area contributed by atoms with Gasteiger partial charge in [0.05, 0.1) is 28.7 Å². The van der Waals surface area contributed by atoms with Gasteiger partial charge < -0.3 is 10.1 Å². The fourth-order valence-electron chi connectivity index (χ4n) is 2.05. The molecule has 0 fully saturated rings. The first-order chi connectivity index (χ1) is 12.3. The summed E-state index contributed by atoms with van der Waals surface area (Å²) >= 11 is 5.01. The number of nitro benzene ring substituents is 2. The Labute approximate surface area is 152 Å². The van der Waals surface area contributed by atoms with Crippen LogP contribution >= 0.6 is 12.2 Å². The number of benzene rings is 2. The number of amides is 1. The third-order valence-corrected chi connectivity index (χ3v) is 3.42. The van der Waals surface area contributed by atoms with Gasteiger partial charge in [0.1, 0.15) is 11.3 Å². The van der Waals surface area contributed by atoms with Gasteiger partial charge in [0.2, 0.25) is 0 Å².